The smallest absolute Gasteiger partial charge is 0.303 e. The van der Waals surface area contributed by atoms with Gasteiger partial charge in [0.05, 0.1) is 0 Å². The number of nitrogens with one attached hydrogen (secondary N) is 1. The molecule has 11 heavy (non-hydrogen) atoms. The number of carboxylic acids is 1. The zero-order chi connectivity index (χ0) is 13.4. The topological polar surface area (TPSA) is 49.3 Å². The van der Waals surface area contributed by atoms with Gasteiger partial charge in [-0.3, -0.25) is 4.79 Å². The molecule has 66 valence electrons. The maximum absolute atomic E-state index is 10.6. The maximum Gasteiger partial charge on any atom is 0.303 e. The molecule has 3 heteroatoms. The molecule has 0 amide bonds. The molecule has 2 N–H and O–H groups in total. The Kier molecular flexibility index (Phi) is 1.76. The van der Waals surface area contributed by atoms with Gasteiger partial charge in [0.2, 0.25) is 0 Å². The van der Waals surface area contributed by atoms with E-state index in [0.717, 1.165) is 0 Å². The molecule has 0 aliphatic rings. The molecule has 0 aromatic heterocycles. The Balaban J connectivity index is 4.99. The third-order valence-corrected chi connectivity index (χ3v) is 0.756. The van der Waals surface area contributed by atoms with Crippen molar-refractivity contribution in [3.63, 3.8) is 0 Å². The van der Waals surface area contributed by atoms with E-state index in [9.17, 15) is 4.79 Å². The van der Waals surface area contributed by atoms with Crippen LogP contribution in [-0.2, 0) is 4.79 Å². The van der Waals surface area contributed by atoms with Gasteiger partial charge in [0, 0.05) is 18.8 Å². The molecule has 0 bridgehead atoms. The second-order valence-corrected chi connectivity index (χ2v) is 3.11. The van der Waals surface area contributed by atoms with E-state index in [0.29, 0.717) is 0 Å². The van der Waals surface area contributed by atoms with E-state index in [2.05, 4.69) is 5.32 Å². The Morgan fingerprint density at radius 1 is 1.64 bits per heavy atom. The molecule has 0 saturated heterocycles. The van der Waals surface area contributed by atoms with Gasteiger partial charge < -0.3 is 10.4 Å². The summed E-state index contributed by atoms with van der Waals surface area (Å²) in [6, 6.07) is 0. The first-order valence-corrected chi connectivity index (χ1v) is 3.26. The minimum absolute atomic E-state index is 0.603. The molecule has 0 saturated carbocycles. The van der Waals surface area contributed by atoms with E-state index < -0.39 is 30.8 Å². The van der Waals surface area contributed by atoms with Gasteiger partial charge in [-0.25, -0.2) is 0 Å². The van der Waals surface area contributed by atoms with Crippen LogP contribution < -0.4 is 5.32 Å². The molecule has 1 atom stereocenters. The summed E-state index contributed by atoms with van der Waals surface area (Å²) in [5.41, 5.74) is -0.603. The van der Waals surface area contributed by atoms with Gasteiger partial charge >= 0.3 is 5.97 Å². The van der Waals surface area contributed by atoms with Crippen molar-refractivity contribution in [1.29, 1.82) is 0 Å². The summed E-state index contributed by atoms with van der Waals surface area (Å²) in [6.07, 6.45) is -5.94. The van der Waals surface area contributed by atoms with Crippen LogP contribution in [0.5, 0.6) is 0 Å². The first kappa shape index (κ1) is 4.45. The summed E-state index contributed by atoms with van der Waals surface area (Å²) in [5, 5.41) is 11.1. The molecule has 0 aromatic rings. The van der Waals surface area contributed by atoms with Crippen molar-refractivity contribution in [2.45, 2.75) is 39.1 Å². The van der Waals surface area contributed by atoms with E-state index >= 15 is 0 Å². The average Bonchev–Trinajstić information content (AvgIpc) is 1.99. The maximum atomic E-state index is 10.6. The Morgan fingerprint density at radius 3 is 2.55 bits per heavy atom. The summed E-state index contributed by atoms with van der Waals surface area (Å²) < 4.78 is 36.6. The highest BCUT2D eigenvalue weighted by atomic mass is 16.4. The Morgan fingerprint density at radius 2 is 2.18 bits per heavy atom. The fourth-order valence-corrected chi connectivity index (χ4v) is 0.350. The summed E-state index contributed by atoms with van der Waals surface area (Å²) in [4.78, 5) is 10.6. The first-order valence-electron chi connectivity index (χ1n) is 5.83. The average molecular weight is 164 g/mol. The van der Waals surface area contributed by atoms with Crippen LogP contribution in [0.1, 0.15) is 40.4 Å². The van der Waals surface area contributed by atoms with Crippen molar-refractivity contribution in [2.75, 3.05) is 6.52 Å². The van der Waals surface area contributed by atoms with Crippen LogP contribution in [0, 0.1) is 0 Å². The Bertz CT molecular complexity index is 274. The van der Waals surface area contributed by atoms with E-state index in [-0.39, 0.29) is 0 Å². The molecule has 1 unspecified atom stereocenters. The van der Waals surface area contributed by atoms with Crippen LogP contribution in [0.3, 0.4) is 0 Å². The molecule has 0 rings (SSSR count). The fourth-order valence-electron chi connectivity index (χ4n) is 0.350. The van der Waals surface area contributed by atoms with Crippen LogP contribution >= 0.6 is 0 Å². The van der Waals surface area contributed by atoms with Crippen molar-refractivity contribution < 1.29 is 16.8 Å². The zero-order valence-corrected chi connectivity index (χ0v) is 6.93. The number of aliphatic carboxylic acids is 1. The lowest BCUT2D eigenvalue weighted by atomic mass is 10.1. The molecule has 0 radical (unpaired) electrons. The number of hydrogen-bond donors (Lipinski definition) is 2. The second-order valence-electron chi connectivity index (χ2n) is 3.11. The van der Waals surface area contributed by atoms with Crippen molar-refractivity contribution in [3.05, 3.63) is 0 Å². The normalized spacial score (nSPS) is 23.7. The molecule has 0 aliphatic carbocycles. The van der Waals surface area contributed by atoms with Crippen LogP contribution in [-0.4, -0.2) is 23.1 Å². The third kappa shape index (κ3) is 9.43. The lowest BCUT2D eigenvalue weighted by Crippen LogP contribution is -2.36. The largest absolute Gasteiger partial charge is 0.481 e. The Hall–Kier alpha value is -0.570. The highest BCUT2D eigenvalue weighted by molar-refractivity contribution is 5.66. The number of rotatable bonds is 4. The van der Waals surface area contributed by atoms with Gasteiger partial charge in [-0.05, 0) is 33.7 Å². The molecule has 0 spiro atoms. The lowest BCUT2D eigenvalue weighted by molar-refractivity contribution is -0.137. The van der Waals surface area contributed by atoms with E-state index in [1.54, 1.807) is 20.8 Å². The van der Waals surface area contributed by atoms with Crippen molar-refractivity contribution in [3.8, 4) is 0 Å². The highest BCUT2D eigenvalue weighted by Crippen LogP contribution is 1.98. The molecular weight excluding hydrogens is 142 g/mol. The number of hydrogen-bond acceptors (Lipinski definition) is 2. The first-order chi connectivity index (χ1) is 6.82. The quantitative estimate of drug-likeness (QED) is 0.657. The van der Waals surface area contributed by atoms with Gasteiger partial charge in [-0.15, -0.1) is 0 Å². The van der Waals surface area contributed by atoms with Gasteiger partial charge in [0.25, 0.3) is 0 Å². The second kappa shape index (κ2) is 4.34. The van der Waals surface area contributed by atoms with E-state index in [4.69, 9.17) is 12.0 Å². The standard InChI is InChI=1S/C8H17NO2/c1-8(2,3)9-6-4-5-7(10)11/h9H,4-6H2,1-3H3,(H,10,11)/i4D2,5D2,6D. The minimum atomic E-state index is -3.11. The predicted molar refractivity (Wildman–Crippen MR) is 44.6 cm³/mol. The van der Waals surface area contributed by atoms with Gasteiger partial charge in [0.15, 0.2) is 0 Å². The predicted octanol–water partition coefficient (Wildman–Crippen LogP) is 1.24. The molecule has 0 aromatic carbocycles. The molecule has 3 nitrogen and oxygen atoms in total. The summed E-state index contributed by atoms with van der Waals surface area (Å²) in [7, 11) is 0. The monoisotopic (exact) mass is 164 g/mol. The molecule has 0 fully saturated rings. The lowest BCUT2D eigenvalue weighted by Gasteiger charge is -2.19. The van der Waals surface area contributed by atoms with Gasteiger partial charge in [0.1, 0.15) is 0 Å². The van der Waals surface area contributed by atoms with Gasteiger partial charge in [-0.2, -0.15) is 0 Å². The summed E-state index contributed by atoms with van der Waals surface area (Å²) in [5.74, 6) is -1.91. The van der Waals surface area contributed by atoms with Crippen LogP contribution in [0.15, 0.2) is 0 Å². The van der Waals surface area contributed by atoms with E-state index in [1.165, 1.54) is 0 Å². The van der Waals surface area contributed by atoms with Crippen molar-refractivity contribution in [2.24, 2.45) is 0 Å². The highest BCUT2D eigenvalue weighted by Gasteiger charge is 2.07. The van der Waals surface area contributed by atoms with Crippen LogP contribution in [0.4, 0.5) is 0 Å². The van der Waals surface area contributed by atoms with Crippen LogP contribution in [0.2, 0.25) is 0 Å². The zero-order valence-electron chi connectivity index (χ0n) is 11.9. The van der Waals surface area contributed by atoms with Crippen molar-refractivity contribution >= 4 is 5.97 Å². The number of carbonyl (C=O) groups is 1. The molecular formula is C8H17NO2. The SMILES string of the molecule is [2H]C(NC(C)(C)C)C([2H])([2H])C([2H])([2H])C(=O)O. The fraction of sp³-hybridized carbons (Fsp3) is 0.875. The minimum Gasteiger partial charge on any atom is -0.481 e. The Labute approximate surface area is 74.8 Å². The summed E-state index contributed by atoms with van der Waals surface area (Å²) in [6.45, 7) is 3.38. The number of carboxylic acid groups (broad SMARTS) is 1. The molecule has 0 aliphatic heterocycles. The molecule has 0 heterocycles. The third-order valence-electron chi connectivity index (χ3n) is 0.756. The van der Waals surface area contributed by atoms with Crippen molar-refractivity contribution in [1.82, 2.24) is 5.32 Å². The van der Waals surface area contributed by atoms with Gasteiger partial charge in [-0.1, -0.05) is 0 Å². The van der Waals surface area contributed by atoms with E-state index in [1.807, 2.05) is 0 Å². The summed E-state index contributed by atoms with van der Waals surface area (Å²) >= 11 is 0. The van der Waals surface area contributed by atoms with Crippen LogP contribution in [0.25, 0.3) is 0 Å².